The van der Waals surface area contributed by atoms with Gasteiger partial charge in [-0.05, 0) is 46.9 Å². The largest absolute Gasteiger partial charge is 0.507 e. The van der Waals surface area contributed by atoms with E-state index in [0.717, 1.165) is 22.4 Å². The number of rotatable bonds is 2. The number of benzene rings is 2. The van der Waals surface area contributed by atoms with Gasteiger partial charge in [0.1, 0.15) is 5.75 Å². The summed E-state index contributed by atoms with van der Waals surface area (Å²) < 4.78 is 0. The lowest BCUT2D eigenvalue weighted by Crippen LogP contribution is -2.16. The van der Waals surface area contributed by atoms with Gasteiger partial charge in [-0.2, -0.15) is 0 Å². The minimum atomic E-state index is -0.0976. The Hall–Kier alpha value is -1.96. The molecule has 0 aliphatic rings. The number of anilines is 1. The smallest absolute Gasteiger partial charge is 0.122 e. The van der Waals surface area contributed by atoms with E-state index in [1.165, 1.54) is 16.7 Å². The quantitative estimate of drug-likeness (QED) is 0.682. The van der Waals surface area contributed by atoms with Gasteiger partial charge in [0.15, 0.2) is 0 Å². The maximum atomic E-state index is 10.9. The summed E-state index contributed by atoms with van der Waals surface area (Å²) in [4.78, 5) is 0. The SMILES string of the molecule is Cc1cc(Cc2cc(C)cc(C(C)(C)C)c2O)c(N)c(C(C)(C)C)c1. The van der Waals surface area contributed by atoms with E-state index < -0.39 is 0 Å². The molecule has 0 atom stereocenters. The van der Waals surface area contributed by atoms with Gasteiger partial charge < -0.3 is 10.8 Å². The van der Waals surface area contributed by atoms with Crippen LogP contribution in [0.2, 0.25) is 0 Å². The topological polar surface area (TPSA) is 46.2 Å². The van der Waals surface area contributed by atoms with Crippen LogP contribution in [0.15, 0.2) is 24.3 Å². The summed E-state index contributed by atoms with van der Waals surface area (Å²) in [5.41, 5.74) is 13.8. The van der Waals surface area contributed by atoms with Crippen LogP contribution in [0.3, 0.4) is 0 Å². The maximum Gasteiger partial charge on any atom is 0.122 e. The van der Waals surface area contributed by atoms with Crippen LogP contribution in [-0.4, -0.2) is 5.11 Å². The molecule has 0 heterocycles. The van der Waals surface area contributed by atoms with E-state index in [2.05, 4.69) is 79.7 Å². The van der Waals surface area contributed by atoms with Crippen LogP contribution in [-0.2, 0) is 17.3 Å². The first-order chi connectivity index (χ1) is 11.3. The van der Waals surface area contributed by atoms with Crippen molar-refractivity contribution in [2.75, 3.05) is 5.73 Å². The molecule has 0 unspecified atom stereocenters. The molecule has 0 saturated heterocycles. The van der Waals surface area contributed by atoms with Crippen molar-refractivity contribution in [3.05, 3.63) is 57.6 Å². The lowest BCUT2D eigenvalue weighted by Gasteiger charge is -2.25. The summed E-state index contributed by atoms with van der Waals surface area (Å²) in [7, 11) is 0. The Morgan fingerprint density at radius 1 is 0.760 bits per heavy atom. The number of aryl methyl sites for hydroxylation is 2. The van der Waals surface area contributed by atoms with Gasteiger partial charge in [-0.1, -0.05) is 76.9 Å². The fraction of sp³-hybridized carbons (Fsp3) is 0.478. The summed E-state index contributed by atoms with van der Waals surface area (Å²) in [6.45, 7) is 17.1. The van der Waals surface area contributed by atoms with E-state index in [1.54, 1.807) is 0 Å². The number of phenols is 1. The van der Waals surface area contributed by atoms with Crippen LogP contribution < -0.4 is 5.73 Å². The summed E-state index contributed by atoms with van der Waals surface area (Å²) in [6.07, 6.45) is 0.646. The van der Waals surface area contributed by atoms with Crippen molar-refractivity contribution < 1.29 is 5.11 Å². The average Bonchev–Trinajstić information content (AvgIpc) is 2.43. The Labute approximate surface area is 153 Å². The van der Waals surface area contributed by atoms with Crippen LogP contribution in [0.1, 0.15) is 74.9 Å². The van der Waals surface area contributed by atoms with Crippen molar-refractivity contribution in [2.45, 2.75) is 72.6 Å². The highest BCUT2D eigenvalue weighted by atomic mass is 16.3. The standard InChI is InChI=1S/C23H33NO/c1-14-9-16(20(24)18(11-14)22(3,4)5)13-17-10-15(2)12-19(21(17)25)23(6,7)8/h9-12,25H,13,24H2,1-8H3. The molecule has 0 saturated carbocycles. The zero-order chi connectivity index (χ0) is 19.2. The van der Waals surface area contributed by atoms with Gasteiger partial charge in [0.2, 0.25) is 0 Å². The molecule has 0 amide bonds. The lowest BCUT2D eigenvalue weighted by atomic mass is 9.81. The van der Waals surface area contributed by atoms with Gasteiger partial charge in [0.05, 0.1) is 0 Å². The normalized spacial score (nSPS) is 12.5. The van der Waals surface area contributed by atoms with Crippen molar-refractivity contribution in [1.82, 2.24) is 0 Å². The van der Waals surface area contributed by atoms with E-state index in [-0.39, 0.29) is 10.8 Å². The molecule has 2 nitrogen and oxygen atoms in total. The molecule has 0 aliphatic carbocycles. The second kappa shape index (κ2) is 6.40. The molecule has 0 aromatic heterocycles. The van der Waals surface area contributed by atoms with Gasteiger partial charge in [-0.25, -0.2) is 0 Å². The van der Waals surface area contributed by atoms with Crippen molar-refractivity contribution in [2.24, 2.45) is 0 Å². The number of hydrogen-bond donors (Lipinski definition) is 2. The molecular weight excluding hydrogens is 306 g/mol. The van der Waals surface area contributed by atoms with Crippen molar-refractivity contribution in [1.29, 1.82) is 0 Å². The molecular formula is C23H33NO. The summed E-state index contributed by atoms with van der Waals surface area (Å²) in [6, 6.07) is 8.47. The fourth-order valence-electron chi connectivity index (χ4n) is 3.40. The molecule has 2 rings (SSSR count). The van der Waals surface area contributed by atoms with E-state index in [4.69, 9.17) is 5.73 Å². The first-order valence-electron chi connectivity index (χ1n) is 9.03. The van der Waals surface area contributed by atoms with Gasteiger partial charge in [0, 0.05) is 12.1 Å². The molecule has 2 heteroatoms. The van der Waals surface area contributed by atoms with Crippen molar-refractivity contribution in [3.8, 4) is 5.75 Å². The molecule has 2 aromatic carbocycles. The zero-order valence-corrected chi connectivity index (χ0v) is 17.0. The lowest BCUT2D eigenvalue weighted by molar-refractivity contribution is 0.441. The second-order valence-electron chi connectivity index (χ2n) is 9.38. The third kappa shape index (κ3) is 4.18. The number of nitrogen functional groups attached to an aromatic ring is 1. The van der Waals surface area contributed by atoms with Crippen LogP contribution in [0.4, 0.5) is 5.69 Å². The molecule has 25 heavy (non-hydrogen) atoms. The van der Waals surface area contributed by atoms with E-state index >= 15 is 0 Å². The molecule has 0 fully saturated rings. The van der Waals surface area contributed by atoms with Crippen LogP contribution in [0.5, 0.6) is 5.75 Å². The monoisotopic (exact) mass is 339 g/mol. The third-order valence-electron chi connectivity index (χ3n) is 4.74. The number of nitrogens with two attached hydrogens (primary N) is 1. The third-order valence-corrected chi connectivity index (χ3v) is 4.74. The Morgan fingerprint density at radius 3 is 1.68 bits per heavy atom. The highest BCUT2D eigenvalue weighted by Gasteiger charge is 2.23. The minimum Gasteiger partial charge on any atom is -0.507 e. The second-order valence-corrected chi connectivity index (χ2v) is 9.38. The number of hydrogen-bond acceptors (Lipinski definition) is 2. The van der Waals surface area contributed by atoms with Gasteiger partial charge >= 0.3 is 0 Å². The van der Waals surface area contributed by atoms with E-state index in [9.17, 15) is 5.11 Å². The Balaban J connectivity index is 2.58. The molecule has 0 aliphatic heterocycles. The Bertz CT molecular complexity index is 722. The molecule has 2 aromatic rings. The number of phenolic OH excluding ortho intramolecular Hbond substituents is 1. The minimum absolute atomic E-state index is 0.00390. The number of aromatic hydroxyl groups is 1. The molecule has 0 bridgehead atoms. The highest BCUT2D eigenvalue weighted by molar-refractivity contribution is 5.60. The Kier molecular flexibility index (Phi) is 4.96. The van der Waals surface area contributed by atoms with Gasteiger partial charge in [-0.15, -0.1) is 0 Å². The van der Waals surface area contributed by atoms with Crippen LogP contribution in [0, 0.1) is 13.8 Å². The maximum absolute atomic E-state index is 10.9. The summed E-state index contributed by atoms with van der Waals surface area (Å²) in [5.74, 6) is 0.399. The van der Waals surface area contributed by atoms with Crippen LogP contribution >= 0.6 is 0 Å². The molecule has 136 valence electrons. The predicted octanol–water partition coefficient (Wildman–Crippen LogP) is 5.78. The first-order valence-corrected chi connectivity index (χ1v) is 9.03. The van der Waals surface area contributed by atoms with E-state index in [0.29, 0.717) is 12.2 Å². The van der Waals surface area contributed by atoms with Crippen molar-refractivity contribution >= 4 is 5.69 Å². The first kappa shape index (κ1) is 19.4. The molecule has 0 radical (unpaired) electrons. The molecule has 3 N–H and O–H groups in total. The van der Waals surface area contributed by atoms with Crippen molar-refractivity contribution in [3.63, 3.8) is 0 Å². The average molecular weight is 340 g/mol. The van der Waals surface area contributed by atoms with E-state index in [1.807, 2.05) is 0 Å². The highest BCUT2D eigenvalue weighted by Crippen LogP contribution is 2.37. The summed E-state index contributed by atoms with van der Waals surface area (Å²) in [5, 5.41) is 10.9. The predicted molar refractivity (Wildman–Crippen MR) is 109 cm³/mol. The zero-order valence-electron chi connectivity index (χ0n) is 17.0. The van der Waals surface area contributed by atoms with Gasteiger partial charge in [0.25, 0.3) is 0 Å². The summed E-state index contributed by atoms with van der Waals surface area (Å²) >= 11 is 0. The van der Waals surface area contributed by atoms with Gasteiger partial charge in [-0.3, -0.25) is 0 Å². The van der Waals surface area contributed by atoms with Crippen LogP contribution in [0.25, 0.3) is 0 Å². The molecule has 0 spiro atoms. The Morgan fingerprint density at radius 2 is 1.20 bits per heavy atom. The fourth-order valence-corrected chi connectivity index (χ4v) is 3.40.